The first-order valence-electron chi connectivity index (χ1n) is 4.39. The molecule has 1 aliphatic heterocycles. The van der Waals surface area contributed by atoms with Crippen molar-refractivity contribution in [2.45, 2.75) is 12.6 Å². The molecule has 0 aliphatic carbocycles. The largest absolute Gasteiger partial charge is 0.392 e. The Balaban J connectivity index is 2.62. The predicted octanol–water partition coefficient (Wildman–Crippen LogP) is -0.444. The highest BCUT2D eigenvalue weighted by molar-refractivity contribution is 5.29. The van der Waals surface area contributed by atoms with Gasteiger partial charge in [-0.15, -0.1) is 0 Å². The van der Waals surface area contributed by atoms with Crippen LogP contribution in [0.5, 0.6) is 0 Å². The zero-order valence-corrected chi connectivity index (χ0v) is 8.04. The molecule has 1 heterocycles. The van der Waals surface area contributed by atoms with Gasteiger partial charge >= 0.3 is 0 Å². The molecule has 1 atom stereocenters. The Bertz CT molecular complexity index is 540. The zero-order chi connectivity index (χ0) is 11.1. The second-order valence-electron chi connectivity index (χ2n) is 3.53. The quantitative estimate of drug-likeness (QED) is 0.526. The molecule has 0 amide bonds. The summed E-state index contributed by atoms with van der Waals surface area (Å²) in [5.41, 5.74) is -0.910. The Labute approximate surface area is 84.8 Å². The van der Waals surface area contributed by atoms with E-state index in [9.17, 15) is 10.1 Å². The minimum absolute atomic E-state index is 0.0186. The first kappa shape index (κ1) is 9.72. The summed E-state index contributed by atoms with van der Waals surface area (Å²) in [7, 11) is 0. The molecule has 0 saturated carbocycles. The molecule has 15 heavy (non-hydrogen) atoms. The van der Waals surface area contributed by atoms with E-state index in [2.05, 4.69) is 9.98 Å². The first-order valence-corrected chi connectivity index (χ1v) is 4.39. The molecular formula is C9H9N3O3. The fraction of sp³-hybridized carbons (Fsp3) is 0.333. The number of nitro benzene ring substituents is 1. The van der Waals surface area contributed by atoms with Crippen LogP contribution in [0.2, 0.25) is 0 Å². The lowest BCUT2D eigenvalue weighted by atomic mass is 10.2. The number of aliphatic hydroxyl groups is 1. The van der Waals surface area contributed by atoms with Crippen molar-refractivity contribution < 1.29 is 10.0 Å². The zero-order valence-electron chi connectivity index (χ0n) is 8.04. The highest BCUT2D eigenvalue weighted by Gasteiger charge is 2.24. The topological polar surface area (TPSA) is 88.1 Å². The summed E-state index contributed by atoms with van der Waals surface area (Å²) in [6, 6.07) is 4.28. The normalized spacial score (nSPS) is 22.8. The molecule has 1 aromatic carbocycles. The van der Waals surface area contributed by atoms with E-state index >= 15 is 0 Å². The number of fused-ring (bicyclic) bond motifs is 1. The van der Waals surface area contributed by atoms with Crippen molar-refractivity contribution in [1.82, 2.24) is 0 Å². The maximum Gasteiger partial charge on any atom is 0.271 e. The molecule has 1 aliphatic rings. The summed E-state index contributed by atoms with van der Waals surface area (Å²) in [6.45, 7) is 1.45. The molecule has 1 N–H and O–H groups in total. The lowest BCUT2D eigenvalue weighted by Gasteiger charge is -2.11. The van der Waals surface area contributed by atoms with Crippen molar-refractivity contribution >= 4 is 5.69 Å². The average molecular weight is 207 g/mol. The van der Waals surface area contributed by atoms with Crippen LogP contribution in [0.15, 0.2) is 28.2 Å². The monoisotopic (exact) mass is 207 g/mol. The van der Waals surface area contributed by atoms with Gasteiger partial charge in [0.15, 0.2) is 5.66 Å². The number of benzene rings is 1. The Morgan fingerprint density at radius 3 is 2.73 bits per heavy atom. The average Bonchev–Trinajstić information content (AvgIpc) is 2.53. The van der Waals surface area contributed by atoms with Crippen LogP contribution in [0, 0.1) is 10.1 Å². The first-order chi connectivity index (χ1) is 7.04. The van der Waals surface area contributed by atoms with Gasteiger partial charge in [-0.2, -0.15) is 0 Å². The molecule has 6 nitrogen and oxygen atoms in total. The van der Waals surface area contributed by atoms with Crippen molar-refractivity contribution in [2.24, 2.45) is 9.98 Å². The van der Waals surface area contributed by atoms with Crippen molar-refractivity contribution in [3.8, 4) is 0 Å². The Morgan fingerprint density at radius 1 is 1.47 bits per heavy atom. The van der Waals surface area contributed by atoms with E-state index in [1.807, 2.05) is 0 Å². The molecule has 0 bridgehead atoms. The molecule has 0 saturated heterocycles. The Morgan fingerprint density at radius 2 is 2.13 bits per heavy atom. The lowest BCUT2D eigenvalue weighted by Crippen LogP contribution is -2.22. The van der Waals surface area contributed by atoms with Crippen molar-refractivity contribution in [2.75, 3.05) is 6.61 Å². The summed E-state index contributed by atoms with van der Waals surface area (Å²) < 4.78 is 0. The van der Waals surface area contributed by atoms with Gasteiger partial charge in [0, 0.05) is 12.1 Å². The molecular weight excluding hydrogens is 198 g/mol. The second kappa shape index (κ2) is 3.09. The third kappa shape index (κ3) is 1.59. The maximum atomic E-state index is 10.5. The maximum absolute atomic E-state index is 10.5. The van der Waals surface area contributed by atoms with Crippen molar-refractivity contribution in [3.63, 3.8) is 0 Å². The minimum atomic E-state index is -0.891. The van der Waals surface area contributed by atoms with Gasteiger partial charge in [-0.3, -0.25) is 20.1 Å². The SMILES string of the molecule is CC1(CO)N=c2ccc([N+](=O)[O-])cc2=N1. The Kier molecular flexibility index (Phi) is 2.01. The number of nitrogens with zero attached hydrogens (tertiary/aromatic N) is 3. The van der Waals surface area contributed by atoms with Gasteiger partial charge in [0.25, 0.3) is 5.69 Å². The van der Waals surface area contributed by atoms with Gasteiger partial charge in [-0.1, -0.05) is 0 Å². The van der Waals surface area contributed by atoms with E-state index in [1.54, 1.807) is 6.92 Å². The van der Waals surface area contributed by atoms with Gasteiger partial charge in [-0.05, 0) is 13.0 Å². The number of hydrogen-bond acceptors (Lipinski definition) is 5. The molecule has 0 spiro atoms. The van der Waals surface area contributed by atoms with E-state index < -0.39 is 10.6 Å². The minimum Gasteiger partial charge on any atom is -0.392 e. The fourth-order valence-electron chi connectivity index (χ4n) is 1.42. The molecule has 1 unspecified atom stereocenters. The number of nitro groups is 1. The summed E-state index contributed by atoms with van der Waals surface area (Å²) >= 11 is 0. The van der Waals surface area contributed by atoms with Crippen LogP contribution in [-0.4, -0.2) is 22.3 Å². The summed E-state index contributed by atoms with van der Waals surface area (Å²) in [6.07, 6.45) is 0. The molecule has 0 aromatic heterocycles. The van der Waals surface area contributed by atoms with Gasteiger partial charge in [0.1, 0.15) is 0 Å². The van der Waals surface area contributed by atoms with E-state index in [4.69, 9.17) is 5.11 Å². The van der Waals surface area contributed by atoms with Crippen LogP contribution in [-0.2, 0) is 0 Å². The van der Waals surface area contributed by atoms with Crippen LogP contribution in [0.25, 0.3) is 0 Å². The van der Waals surface area contributed by atoms with Crippen LogP contribution in [0.4, 0.5) is 5.69 Å². The predicted molar refractivity (Wildman–Crippen MR) is 50.9 cm³/mol. The molecule has 78 valence electrons. The van der Waals surface area contributed by atoms with E-state index in [1.165, 1.54) is 18.2 Å². The van der Waals surface area contributed by atoms with Crippen LogP contribution in [0.3, 0.4) is 0 Å². The number of non-ortho nitro benzene ring substituents is 1. The molecule has 0 radical (unpaired) electrons. The van der Waals surface area contributed by atoms with Crippen LogP contribution >= 0.6 is 0 Å². The smallest absolute Gasteiger partial charge is 0.271 e. The lowest BCUT2D eigenvalue weighted by molar-refractivity contribution is -0.385. The number of hydrogen-bond donors (Lipinski definition) is 1. The third-order valence-electron chi connectivity index (χ3n) is 2.19. The molecule has 0 fully saturated rings. The van der Waals surface area contributed by atoms with Crippen molar-refractivity contribution in [1.29, 1.82) is 0 Å². The molecule has 1 aromatic rings. The second-order valence-corrected chi connectivity index (χ2v) is 3.53. The van der Waals surface area contributed by atoms with Crippen LogP contribution < -0.4 is 10.7 Å². The Hall–Kier alpha value is -1.82. The number of rotatable bonds is 2. The summed E-state index contributed by atoms with van der Waals surface area (Å²) in [4.78, 5) is 18.3. The van der Waals surface area contributed by atoms with Gasteiger partial charge in [0.05, 0.1) is 22.2 Å². The standard InChI is InChI=1S/C9H9N3O3/c1-9(5-13)10-7-3-2-6(12(14)15)4-8(7)11-9/h2-4,13H,5H2,1H3. The van der Waals surface area contributed by atoms with Crippen LogP contribution in [0.1, 0.15) is 6.92 Å². The van der Waals surface area contributed by atoms with Gasteiger partial charge in [0.2, 0.25) is 0 Å². The van der Waals surface area contributed by atoms with Crippen molar-refractivity contribution in [3.05, 3.63) is 39.0 Å². The van der Waals surface area contributed by atoms with E-state index in [0.717, 1.165) is 0 Å². The third-order valence-corrected chi connectivity index (χ3v) is 2.19. The molecule has 6 heteroatoms. The summed E-state index contributed by atoms with van der Waals surface area (Å²) in [5.74, 6) is 0. The fourth-order valence-corrected chi connectivity index (χ4v) is 1.42. The molecule has 2 rings (SSSR count). The highest BCUT2D eigenvalue weighted by Crippen LogP contribution is 2.12. The van der Waals surface area contributed by atoms with E-state index in [-0.39, 0.29) is 12.3 Å². The summed E-state index contributed by atoms with van der Waals surface area (Å²) in [5, 5.41) is 20.6. The van der Waals surface area contributed by atoms with Gasteiger partial charge < -0.3 is 5.11 Å². The highest BCUT2D eigenvalue weighted by atomic mass is 16.6. The van der Waals surface area contributed by atoms with Gasteiger partial charge in [-0.25, -0.2) is 0 Å². The number of aliphatic hydroxyl groups excluding tert-OH is 1. The van der Waals surface area contributed by atoms with E-state index in [0.29, 0.717) is 10.7 Å².